The third-order valence-corrected chi connectivity index (χ3v) is 8.56. The van der Waals surface area contributed by atoms with Crippen molar-refractivity contribution < 1.29 is 18.9 Å². The van der Waals surface area contributed by atoms with Crippen LogP contribution in [0, 0.1) is 29.6 Å². The first-order valence-electron chi connectivity index (χ1n) is 13.1. The van der Waals surface area contributed by atoms with Gasteiger partial charge in [0.1, 0.15) is 0 Å². The molecule has 0 aromatic heterocycles. The van der Waals surface area contributed by atoms with Gasteiger partial charge < -0.3 is 18.9 Å². The second kappa shape index (κ2) is 11.6. The highest BCUT2D eigenvalue weighted by atomic mass is 16.7. The smallest absolute Gasteiger partial charge is 0.154 e. The Bertz CT molecular complexity index is 465. The van der Waals surface area contributed by atoms with Crippen molar-refractivity contribution in [2.75, 3.05) is 26.4 Å². The van der Waals surface area contributed by atoms with Gasteiger partial charge in [-0.15, -0.1) is 0 Å². The van der Waals surface area contributed by atoms with Gasteiger partial charge >= 0.3 is 0 Å². The minimum Gasteiger partial charge on any atom is -0.378 e. The van der Waals surface area contributed by atoms with Crippen molar-refractivity contribution in [1.82, 2.24) is 0 Å². The third-order valence-electron chi connectivity index (χ3n) is 8.56. The molecule has 0 amide bonds. The molecular weight excluding hydrogens is 376 g/mol. The highest BCUT2D eigenvalue weighted by molar-refractivity contribution is 4.80. The molecule has 0 aromatic rings. The fourth-order valence-corrected chi connectivity index (χ4v) is 6.09. The van der Waals surface area contributed by atoms with Gasteiger partial charge in [0.2, 0.25) is 0 Å². The Morgan fingerprint density at radius 2 is 1.07 bits per heavy atom. The monoisotopic (exact) mass is 422 g/mol. The molecule has 4 fully saturated rings. The van der Waals surface area contributed by atoms with Crippen LogP contribution < -0.4 is 0 Å². The molecule has 3 aliphatic heterocycles. The second-order valence-corrected chi connectivity index (χ2v) is 11.0. The molecule has 1 saturated carbocycles. The van der Waals surface area contributed by atoms with Gasteiger partial charge in [0.25, 0.3) is 0 Å². The van der Waals surface area contributed by atoms with E-state index in [9.17, 15) is 0 Å². The summed E-state index contributed by atoms with van der Waals surface area (Å²) in [5.74, 6) is 3.90. The van der Waals surface area contributed by atoms with E-state index in [0.29, 0.717) is 24.0 Å². The molecule has 3 heterocycles. The summed E-state index contributed by atoms with van der Waals surface area (Å²) in [5.41, 5.74) is 0. The van der Waals surface area contributed by atoms with Gasteiger partial charge in [-0.25, -0.2) is 0 Å². The summed E-state index contributed by atoms with van der Waals surface area (Å²) in [4.78, 5) is 0. The number of hydrogen-bond donors (Lipinski definition) is 0. The SMILES string of the molecule is CC1CCC(CCC2CCC(CCC3CCC(C4COC(C)OC4)CO3)OC2)CC1. The molecule has 30 heavy (non-hydrogen) atoms. The number of rotatable bonds is 7. The lowest BCUT2D eigenvalue weighted by Crippen LogP contribution is -2.39. The average Bonchev–Trinajstić information content (AvgIpc) is 2.79. The lowest BCUT2D eigenvalue weighted by molar-refractivity contribution is -0.206. The second-order valence-electron chi connectivity index (χ2n) is 11.0. The maximum absolute atomic E-state index is 6.28. The molecule has 4 aliphatic rings. The van der Waals surface area contributed by atoms with Gasteiger partial charge in [-0.3, -0.25) is 0 Å². The summed E-state index contributed by atoms with van der Waals surface area (Å²) in [5, 5.41) is 0. The molecule has 4 heteroatoms. The van der Waals surface area contributed by atoms with E-state index in [2.05, 4.69) is 6.92 Å². The molecule has 0 N–H and O–H groups in total. The Kier molecular flexibility index (Phi) is 8.92. The van der Waals surface area contributed by atoms with Crippen LogP contribution in [-0.2, 0) is 18.9 Å². The Morgan fingerprint density at radius 3 is 1.67 bits per heavy atom. The van der Waals surface area contributed by atoms with E-state index in [1.165, 1.54) is 70.6 Å². The minimum absolute atomic E-state index is 0.0373. The Balaban J connectivity index is 1.05. The topological polar surface area (TPSA) is 36.9 Å². The summed E-state index contributed by atoms with van der Waals surface area (Å²) in [6, 6.07) is 0. The predicted molar refractivity (Wildman–Crippen MR) is 119 cm³/mol. The lowest BCUT2D eigenvalue weighted by atomic mass is 9.79. The molecule has 0 radical (unpaired) electrons. The molecule has 4 nitrogen and oxygen atoms in total. The molecule has 4 atom stereocenters. The summed E-state index contributed by atoms with van der Waals surface area (Å²) < 4.78 is 23.8. The molecule has 0 aromatic carbocycles. The van der Waals surface area contributed by atoms with Crippen LogP contribution >= 0.6 is 0 Å². The highest BCUT2D eigenvalue weighted by Crippen LogP contribution is 2.35. The lowest BCUT2D eigenvalue weighted by Gasteiger charge is -2.37. The van der Waals surface area contributed by atoms with E-state index in [1.54, 1.807) is 0 Å². The van der Waals surface area contributed by atoms with Crippen molar-refractivity contribution in [3.63, 3.8) is 0 Å². The van der Waals surface area contributed by atoms with Crippen LogP contribution in [0.2, 0.25) is 0 Å². The van der Waals surface area contributed by atoms with Crippen LogP contribution in [0.15, 0.2) is 0 Å². The Labute approximate surface area is 184 Å². The largest absolute Gasteiger partial charge is 0.378 e. The van der Waals surface area contributed by atoms with E-state index in [-0.39, 0.29) is 6.29 Å². The van der Waals surface area contributed by atoms with Crippen molar-refractivity contribution in [3.05, 3.63) is 0 Å². The van der Waals surface area contributed by atoms with Crippen molar-refractivity contribution >= 4 is 0 Å². The molecule has 0 bridgehead atoms. The molecule has 174 valence electrons. The van der Waals surface area contributed by atoms with Crippen molar-refractivity contribution in [1.29, 1.82) is 0 Å². The third kappa shape index (κ3) is 6.92. The van der Waals surface area contributed by atoms with Crippen LogP contribution in [0.25, 0.3) is 0 Å². The van der Waals surface area contributed by atoms with E-state index >= 15 is 0 Å². The Morgan fingerprint density at radius 1 is 0.500 bits per heavy atom. The summed E-state index contributed by atoms with van der Waals surface area (Å²) in [7, 11) is 0. The molecule has 1 aliphatic carbocycles. The minimum atomic E-state index is -0.0373. The fraction of sp³-hybridized carbons (Fsp3) is 1.00. The molecule has 4 unspecified atom stereocenters. The molecular formula is C26H46O4. The van der Waals surface area contributed by atoms with Crippen LogP contribution in [0.3, 0.4) is 0 Å². The maximum atomic E-state index is 6.28. The maximum Gasteiger partial charge on any atom is 0.154 e. The van der Waals surface area contributed by atoms with Crippen molar-refractivity contribution in [2.24, 2.45) is 29.6 Å². The van der Waals surface area contributed by atoms with Crippen LogP contribution in [-0.4, -0.2) is 44.9 Å². The molecule has 4 rings (SSSR count). The van der Waals surface area contributed by atoms with Gasteiger partial charge in [-0.05, 0) is 75.5 Å². The highest BCUT2D eigenvalue weighted by Gasteiger charge is 2.32. The zero-order chi connectivity index (χ0) is 20.8. The summed E-state index contributed by atoms with van der Waals surface area (Å²) >= 11 is 0. The average molecular weight is 423 g/mol. The van der Waals surface area contributed by atoms with E-state index < -0.39 is 0 Å². The first-order valence-corrected chi connectivity index (χ1v) is 13.1. The van der Waals surface area contributed by atoms with E-state index in [4.69, 9.17) is 18.9 Å². The molecule has 3 saturated heterocycles. The van der Waals surface area contributed by atoms with Crippen LogP contribution in [0.4, 0.5) is 0 Å². The van der Waals surface area contributed by atoms with Gasteiger partial charge in [-0.1, -0.05) is 39.0 Å². The van der Waals surface area contributed by atoms with Gasteiger partial charge in [0.05, 0.1) is 32.0 Å². The Hall–Kier alpha value is -0.160. The van der Waals surface area contributed by atoms with Gasteiger partial charge in [0.15, 0.2) is 6.29 Å². The van der Waals surface area contributed by atoms with Gasteiger partial charge in [-0.2, -0.15) is 0 Å². The van der Waals surface area contributed by atoms with Crippen LogP contribution in [0.1, 0.15) is 90.9 Å². The van der Waals surface area contributed by atoms with Crippen molar-refractivity contribution in [2.45, 2.75) is 109 Å². The zero-order valence-electron chi connectivity index (χ0n) is 19.6. The quantitative estimate of drug-likeness (QED) is 0.506. The fourth-order valence-electron chi connectivity index (χ4n) is 6.09. The van der Waals surface area contributed by atoms with Crippen LogP contribution in [0.5, 0.6) is 0 Å². The van der Waals surface area contributed by atoms with E-state index in [1.807, 2.05) is 6.92 Å². The summed E-state index contributed by atoms with van der Waals surface area (Å²) in [6.07, 6.45) is 17.0. The first kappa shape index (κ1) is 23.0. The molecule has 0 spiro atoms. The summed E-state index contributed by atoms with van der Waals surface area (Å²) in [6.45, 7) is 7.94. The normalized spacial score (nSPS) is 43.4. The van der Waals surface area contributed by atoms with Crippen molar-refractivity contribution in [3.8, 4) is 0 Å². The number of hydrogen-bond acceptors (Lipinski definition) is 4. The number of ether oxygens (including phenoxy) is 4. The zero-order valence-corrected chi connectivity index (χ0v) is 19.6. The first-order chi connectivity index (χ1) is 14.7. The predicted octanol–water partition coefficient (Wildman–Crippen LogP) is 5.97. The standard InChI is InChI=1S/C26H46O4/c1-19-3-5-21(6-4-19)7-8-22-9-11-25(29-15-22)13-14-26-12-10-23(16-30-26)24-17-27-20(2)28-18-24/h19-26H,3-18H2,1-2H3. The van der Waals surface area contributed by atoms with Gasteiger partial charge in [0, 0.05) is 12.5 Å². The van der Waals surface area contributed by atoms with E-state index in [0.717, 1.165) is 50.6 Å².